The van der Waals surface area contributed by atoms with E-state index in [4.69, 9.17) is 14.8 Å². The molecule has 0 rings (SSSR count). The summed E-state index contributed by atoms with van der Waals surface area (Å²) in [6.45, 7) is 6.59. The molecule has 0 heterocycles. The van der Waals surface area contributed by atoms with Crippen molar-refractivity contribution >= 4 is 22.1 Å². The van der Waals surface area contributed by atoms with Crippen LogP contribution in [0.2, 0.25) is 0 Å². The Morgan fingerprint density at radius 2 is 1.75 bits per heavy atom. The zero-order valence-electron chi connectivity index (χ0n) is 14.8. The average Bonchev–Trinajstić information content (AvgIpc) is 2.44. The van der Waals surface area contributed by atoms with Gasteiger partial charge in [-0.3, -0.25) is 14.1 Å². The standard InChI is InChI=1S/C11H21.C4H6O7S.Na/c1-4-7-9-11(6-3)10-8-5-2;5-3(6)1-2(4(7)8)12(9,10)11;/h4,7,9,11H,5-6,8,10H2,1-3H3;2H,1H2,(H,5,6)(H,7,8)(H,9,10,11);/q-1;;+1. The zero-order valence-corrected chi connectivity index (χ0v) is 17.6. The molecule has 0 aliphatic rings. The summed E-state index contributed by atoms with van der Waals surface area (Å²) < 4.78 is 28.7. The van der Waals surface area contributed by atoms with Crippen LogP contribution in [-0.2, 0) is 19.7 Å². The number of hydrogen-bond acceptors (Lipinski definition) is 4. The number of carbonyl (C=O) groups is 2. The van der Waals surface area contributed by atoms with Crippen molar-refractivity contribution in [3.8, 4) is 0 Å². The summed E-state index contributed by atoms with van der Waals surface area (Å²) in [7, 11) is -4.84. The maximum absolute atomic E-state index is 10.2. The first-order valence-corrected chi connectivity index (χ1v) is 8.97. The predicted molar refractivity (Wildman–Crippen MR) is 87.6 cm³/mol. The molecule has 0 aromatic rings. The van der Waals surface area contributed by atoms with Crippen molar-refractivity contribution in [1.82, 2.24) is 0 Å². The fourth-order valence-electron chi connectivity index (χ4n) is 1.65. The normalized spacial score (nSPS) is 13.2. The molecular formula is C15H27NaO7S. The van der Waals surface area contributed by atoms with Gasteiger partial charge in [0.15, 0.2) is 5.25 Å². The smallest absolute Gasteiger partial charge is 0.481 e. The molecule has 0 aromatic heterocycles. The number of carboxylic acid groups (broad SMARTS) is 2. The molecule has 3 N–H and O–H groups in total. The number of aliphatic carboxylic acids is 2. The zero-order chi connectivity index (χ0) is 18.5. The van der Waals surface area contributed by atoms with Gasteiger partial charge in [-0.2, -0.15) is 8.42 Å². The van der Waals surface area contributed by atoms with E-state index in [-0.39, 0.29) is 29.6 Å². The third-order valence-corrected chi connectivity index (χ3v) is 4.11. The van der Waals surface area contributed by atoms with E-state index in [1.54, 1.807) is 0 Å². The molecule has 0 saturated carbocycles. The van der Waals surface area contributed by atoms with Crippen LogP contribution in [-0.4, -0.2) is 40.4 Å². The quantitative estimate of drug-likeness (QED) is 0.274. The Labute approximate surface area is 166 Å². The van der Waals surface area contributed by atoms with Gasteiger partial charge >= 0.3 is 41.5 Å². The van der Waals surface area contributed by atoms with Gasteiger partial charge in [0.1, 0.15) is 0 Å². The minimum absolute atomic E-state index is 0. The van der Waals surface area contributed by atoms with Gasteiger partial charge in [-0.1, -0.05) is 45.4 Å². The van der Waals surface area contributed by atoms with E-state index < -0.39 is 33.7 Å². The summed E-state index contributed by atoms with van der Waals surface area (Å²) in [6, 6.07) is 0. The van der Waals surface area contributed by atoms with Gasteiger partial charge in [-0.15, -0.1) is 6.92 Å². The van der Waals surface area contributed by atoms with Gasteiger partial charge in [-0.05, 0) is 0 Å². The number of carboxylic acids is 2. The van der Waals surface area contributed by atoms with E-state index in [0.29, 0.717) is 0 Å². The fraction of sp³-hybridized carbons (Fsp3) is 0.667. The van der Waals surface area contributed by atoms with Crippen LogP contribution < -0.4 is 29.6 Å². The SMILES string of the molecule is CC=C[CH-]C(CC)CCCC.O=C(O)CC(C(=O)O)S(=O)(=O)O.[Na+]. The molecular weight excluding hydrogens is 347 g/mol. The first-order chi connectivity index (χ1) is 10.6. The largest absolute Gasteiger partial charge is 1.00 e. The van der Waals surface area contributed by atoms with Gasteiger partial charge in [0.05, 0.1) is 6.42 Å². The van der Waals surface area contributed by atoms with E-state index in [0.717, 1.165) is 5.92 Å². The summed E-state index contributed by atoms with van der Waals surface area (Å²) in [6.07, 6.45) is 10.8. The van der Waals surface area contributed by atoms with Crippen LogP contribution >= 0.6 is 0 Å². The maximum atomic E-state index is 10.2. The van der Waals surface area contributed by atoms with Crippen molar-refractivity contribution in [3.05, 3.63) is 18.6 Å². The van der Waals surface area contributed by atoms with Crippen molar-refractivity contribution in [2.45, 2.75) is 58.1 Å². The fourth-order valence-corrected chi connectivity index (χ4v) is 2.26. The van der Waals surface area contributed by atoms with Gasteiger partial charge in [0.2, 0.25) is 0 Å². The van der Waals surface area contributed by atoms with Crippen molar-refractivity contribution in [1.29, 1.82) is 0 Å². The van der Waals surface area contributed by atoms with Crippen LogP contribution in [0.4, 0.5) is 0 Å². The van der Waals surface area contributed by atoms with Gasteiger partial charge in [0, 0.05) is 0 Å². The molecule has 24 heavy (non-hydrogen) atoms. The molecule has 0 aromatic carbocycles. The summed E-state index contributed by atoms with van der Waals surface area (Å²) in [5, 5.41) is 13.9. The van der Waals surface area contributed by atoms with Gasteiger partial charge in [-0.25, -0.2) is 18.6 Å². The Balaban J connectivity index is -0.000000354. The monoisotopic (exact) mass is 374 g/mol. The number of hydrogen-bond donors (Lipinski definition) is 3. The van der Waals surface area contributed by atoms with E-state index >= 15 is 0 Å². The summed E-state index contributed by atoms with van der Waals surface area (Å²) >= 11 is 0. The average molecular weight is 374 g/mol. The first-order valence-electron chi connectivity index (χ1n) is 7.47. The summed E-state index contributed by atoms with van der Waals surface area (Å²) in [4.78, 5) is 20.0. The molecule has 0 aliphatic carbocycles. The Morgan fingerprint density at radius 3 is 2.00 bits per heavy atom. The summed E-state index contributed by atoms with van der Waals surface area (Å²) in [5.74, 6) is -2.69. The topological polar surface area (TPSA) is 129 Å². The molecule has 0 fully saturated rings. The minimum Gasteiger partial charge on any atom is -0.481 e. The van der Waals surface area contributed by atoms with Crippen LogP contribution in [0.1, 0.15) is 52.9 Å². The molecule has 0 radical (unpaired) electrons. The molecule has 7 nitrogen and oxygen atoms in total. The molecule has 136 valence electrons. The van der Waals surface area contributed by atoms with Crippen LogP contribution in [0, 0.1) is 12.3 Å². The van der Waals surface area contributed by atoms with Crippen LogP contribution in [0.25, 0.3) is 0 Å². The van der Waals surface area contributed by atoms with Gasteiger partial charge < -0.3 is 10.2 Å². The van der Waals surface area contributed by atoms with Crippen LogP contribution in [0.5, 0.6) is 0 Å². The summed E-state index contributed by atoms with van der Waals surface area (Å²) in [5.41, 5.74) is 0. The number of rotatable bonds is 10. The third kappa shape index (κ3) is 16.3. The van der Waals surface area contributed by atoms with Crippen molar-refractivity contribution in [2.24, 2.45) is 5.92 Å². The third-order valence-electron chi connectivity index (χ3n) is 3.02. The van der Waals surface area contributed by atoms with E-state index in [1.807, 2.05) is 0 Å². The van der Waals surface area contributed by atoms with E-state index in [9.17, 15) is 18.0 Å². The molecule has 0 saturated heterocycles. The first kappa shape index (κ1) is 28.3. The Morgan fingerprint density at radius 1 is 1.21 bits per heavy atom. The maximum Gasteiger partial charge on any atom is 1.00 e. The van der Waals surface area contributed by atoms with Crippen molar-refractivity contribution < 1.29 is 62.3 Å². The second-order valence-corrected chi connectivity index (χ2v) is 6.57. The van der Waals surface area contributed by atoms with Crippen molar-refractivity contribution in [2.75, 3.05) is 0 Å². The second-order valence-electron chi connectivity index (χ2n) is 4.97. The molecule has 2 unspecified atom stereocenters. The Kier molecular flexibility index (Phi) is 18.8. The molecule has 0 bridgehead atoms. The van der Waals surface area contributed by atoms with Gasteiger partial charge in [0.25, 0.3) is 10.1 Å². The Hall–Kier alpha value is -0.540. The Bertz CT molecular complexity index is 474. The van der Waals surface area contributed by atoms with E-state index in [1.165, 1.54) is 25.7 Å². The van der Waals surface area contributed by atoms with Crippen LogP contribution in [0.15, 0.2) is 12.2 Å². The molecule has 0 amide bonds. The molecule has 0 spiro atoms. The second kappa shape index (κ2) is 16.0. The molecule has 2 atom stereocenters. The molecule has 9 heteroatoms. The van der Waals surface area contributed by atoms with Crippen LogP contribution in [0.3, 0.4) is 0 Å². The number of allylic oxidation sites excluding steroid dienone is 2. The predicted octanol–water partition coefficient (Wildman–Crippen LogP) is -0.211. The van der Waals surface area contributed by atoms with Crippen molar-refractivity contribution in [3.63, 3.8) is 0 Å². The number of unbranched alkanes of at least 4 members (excludes halogenated alkanes) is 1. The van der Waals surface area contributed by atoms with E-state index in [2.05, 4.69) is 39.3 Å². The minimum atomic E-state index is -4.84. The molecule has 0 aliphatic heterocycles.